The van der Waals surface area contributed by atoms with Crippen molar-refractivity contribution in [1.29, 1.82) is 0 Å². The van der Waals surface area contributed by atoms with Gasteiger partial charge in [0.2, 0.25) is 0 Å². The zero-order valence-electron chi connectivity index (χ0n) is 10.1. The Labute approximate surface area is 95.8 Å². The van der Waals surface area contributed by atoms with Crippen molar-refractivity contribution in [2.75, 3.05) is 6.54 Å². The van der Waals surface area contributed by atoms with E-state index < -0.39 is 12.0 Å². The van der Waals surface area contributed by atoms with E-state index in [9.17, 15) is 9.59 Å². The summed E-state index contributed by atoms with van der Waals surface area (Å²) < 4.78 is 0. The zero-order valence-corrected chi connectivity index (χ0v) is 10.1. The van der Waals surface area contributed by atoms with E-state index in [0.717, 1.165) is 19.4 Å². The molecule has 5 heteroatoms. The van der Waals surface area contributed by atoms with Gasteiger partial charge in [-0.3, -0.25) is 0 Å². The number of nitrogens with zero attached hydrogens (tertiary/aromatic N) is 1. The van der Waals surface area contributed by atoms with Crippen LogP contribution in [0, 0.1) is 5.92 Å². The average Bonchev–Trinajstić information content (AvgIpc) is 2.59. The Morgan fingerprint density at radius 1 is 1.44 bits per heavy atom. The highest BCUT2D eigenvalue weighted by Gasteiger charge is 2.29. The molecule has 16 heavy (non-hydrogen) atoms. The third kappa shape index (κ3) is 2.87. The molecule has 2 unspecified atom stereocenters. The van der Waals surface area contributed by atoms with E-state index >= 15 is 0 Å². The summed E-state index contributed by atoms with van der Waals surface area (Å²) in [5.41, 5.74) is 0. The van der Waals surface area contributed by atoms with Gasteiger partial charge in [-0.05, 0) is 25.7 Å². The molecule has 0 aliphatic carbocycles. The molecule has 1 fully saturated rings. The summed E-state index contributed by atoms with van der Waals surface area (Å²) in [4.78, 5) is 24.5. The van der Waals surface area contributed by atoms with Crippen LogP contribution in [0.25, 0.3) is 0 Å². The fourth-order valence-electron chi connectivity index (χ4n) is 1.96. The molecular formula is C11H20N2O3. The van der Waals surface area contributed by atoms with Gasteiger partial charge in [-0.25, -0.2) is 9.59 Å². The van der Waals surface area contributed by atoms with Crippen molar-refractivity contribution in [3.05, 3.63) is 0 Å². The van der Waals surface area contributed by atoms with Crippen LogP contribution in [0.1, 0.15) is 33.6 Å². The molecule has 0 saturated carbocycles. The number of likely N-dealkylation sites (tertiary alicyclic amines) is 1. The smallest absolute Gasteiger partial charge is 0.326 e. The number of carboxylic acids is 1. The van der Waals surface area contributed by atoms with Gasteiger partial charge in [0.25, 0.3) is 0 Å². The molecule has 5 nitrogen and oxygen atoms in total. The number of carbonyl (C=O) groups excluding carboxylic acids is 1. The van der Waals surface area contributed by atoms with Crippen molar-refractivity contribution in [3.63, 3.8) is 0 Å². The van der Waals surface area contributed by atoms with Crippen molar-refractivity contribution in [2.24, 2.45) is 5.92 Å². The number of urea groups is 1. The first kappa shape index (κ1) is 12.8. The van der Waals surface area contributed by atoms with Crippen LogP contribution < -0.4 is 5.32 Å². The minimum Gasteiger partial charge on any atom is -0.480 e. The third-order valence-corrected chi connectivity index (χ3v) is 3.03. The first-order valence-electron chi connectivity index (χ1n) is 5.73. The molecule has 0 aromatic heterocycles. The Balaban J connectivity index is 2.58. The maximum Gasteiger partial charge on any atom is 0.326 e. The summed E-state index contributed by atoms with van der Waals surface area (Å²) in [7, 11) is 0. The molecule has 0 aromatic carbocycles. The summed E-state index contributed by atoms with van der Waals surface area (Å²) in [5, 5.41) is 11.5. The largest absolute Gasteiger partial charge is 0.480 e. The lowest BCUT2D eigenvalue weighted by Crippen LogP contribution is -2.50. The van der Waals surface area contributed by atoms with Crippen molar-refractivity contribution < 1.29 is 14.7 Å². The Bertz CT molecular complexity index is 278. The highest BCUT2D eigenvalue weighted by Crippen LogP contribution is 2.16. The number of carbonyl (C=O) groups is 2. The van der Waals surface area contributed by atoms with E-state index in [4.69, 9.17) is 5.11 Å². The van der Waals surface area contributed by atoms with Crippen LogP contribution in [0.15, 0.2) is 0 Å². The number of nitrogens with one attached hydrogen (secondary N) is 1. The Morgan fingerprint density at radius 2 is 2.06 bits per heavy atom. The van der Waals surface area contributed by atoms with Crippen LogP contribution in [-0.2, 0) is 4.79 Å². The van der Waals surface area contributed by atoms with Crippen molar-refractivity contribution in [1.82, 2.24) is 10.2 Å². The van der Waals surface area contributed by atoms with Gasteiger partial charge < -0.3 is 15.3 Å². The molecule has 92 valence electrons. The first-order valence-corrected chi connectivity index (χ1v) is 5.73. The highest BCUT2D eigenvalue weighted by atomic mass is 16.4. The minimum absolute atomic E-state index is 0.112. The van der Waals surface area contributed by atoms with Crippen molar-refractivity contribution in [3.8, 4) is 0 Å². The minimum atomic E-state index is -0.977. The van der Waals surface area contributed by atoms with Crippen LogP contribution in [-0.4, -0.2) is 40.6 Å². The van der Waals surface area contributed by atoms with Crippen LogP contribution in [0.4, 0.5) is 4.79 Å². The van der Waals surface area contributed by atoms with E-state index in [1.54, 1.807) is 18.7 Å². The van der Waals surface area contributed by atoms with Crippen LogP contribution in [0.5, 0.6) is 0 Å². The molecule has 1 saturated heterocycles. The number of amides is 2. The fourth-order valence-corrected chi connectivity index (χ4v) is 1.96. The number of carboxylic acid groups (broad SMARTS) is 1. The molecular weight excluding hydrogens is 208 g/mol. The van der Waals surface area contributed by atoms with E-state index in [0.29, 0.717) is 0 Å². The molecule has 2 atom stereocenters. The number of rotatable bonds is 3. The standard InChI is InChI=1S/C11H20N2O3/c1-7(2)9(10(14)15)12-11(16)13-6-4-5-8(13)3/h7-9H,4-6H2,1-3H3,(H,12,16)(H,14,15). The monoisotopic (exact) mass is 228 g/mol. The van der Waals surface area contributed by atoms with Gasteiger partial charge >= 0.3 is 12.0 Å². The van der Waals surface area contributed by atoms with Crippen LogP contribution in [0.2, 0.25) is 0 Å². The average molecular weight is 228 g/mol. The number of hydrogen-bond donors (Lipinski definition) is 2. The fraction of sp³-hybridized carbons (Fsp3) is 0.818. The van der Waals surface area contributed by atoms with E-state index in [2.05, 4.69) is 5.32 Å². The van der Waals surface area contributed by atoms with Gasteiger partial charge in [-0.2, -0.15) is 0 Å². The lowest BCUT2D eigenvalue weighted by molar-refractivity contribution is -0.140. The Hall–Kier alpha value is -1.26. The van der Waals surface area contributed by atoms with Crippen molar-refractivity contribution >= 4 is 12.0 Å². The van der Waals surface area contributed by atoms with Crippen molar-refractivity contribution in [2.45, 2.75) is 45.7 Å². The predicted molar refractivity (Wildman–Crippen MR) is 60.2 cm³/mol. The van der Waals surface area contributed by atoms with Gasteiger partial charge in [-0.15, -0.1) is 0 Å². The summed E-state index contributed by atoms with van der Waals surface area (Å²) in [5.74, 6) is -1.09. The molecule has 0 spiro atoms. The van der Waals surface area contributed by atoms with Gasteiger partial charge in [0.05, 0.1) is 0 Å². The normalized spacial score (nSPS) is 22.2. The molecule has 0 aromatic rings. The summed E-state index contributed by atoms with van der Waals surface area (Å²) >= 11 is 0. The van der Waals surface area contributed by atoms with Gasteiger partial charge in [0, 0.05) is 12.6 Å². The molecule has 0 radical (unpaired) electrons. The van der Waals surface area contributed by atoms with Gasteiger partial charge in [0.1, 0.15) is 6.04 Å². The SMILES string of the molecule is CC(C)C(NC(=O)N1CCCC1C)C(=O)O. The summed E-state index contributed by atoms with van der Waals surface area (Å²) in [6, 6.07) is -0.854. The van der Waals surface area contributed by atoms with Crippen LogP contribution >= 0.6 is 0 Å². The zero-order chi connectivity index (χ0) is 12.3. The van der Waals surface area contributed by atoms with E-state index in [-0.39, 0.29) is 18.0 Å². The molecule has 1 heterocycles. The number of hydrogen-bond acceptors (Lipinski definition) is 2. The topological polar surface area (TPSA) is 69.6 Å². The Morgan fingerprint density at radius 3 is 2.44 bits per heavy atom. The van der Waals surface area contributed by atoms with E-state index in [1.165, 1.54) is 0 Å². The first-order chi connectivity index (χ1) is 7.43. The molecule has 0 bridgehead atoms. The summed E-state index contributed by atoms with van der Waals surface area (Å²) in [6.45, 7) is 6.27. The molecule has 2 N–H and O–H groups in total. The Kier molecular flexibility index (Phi) is 4.15. The lowest BCUT2D eigenvalue weighted by Gasteiger charge is -2.25. The molecule has 2 amide bonds. The summed E-state index contributed by atoms with van der Waals surface area (Å²) in [6.07, 6.45) is 1.99. The molecule has 1 aliphatic heterocycles. The molecule has 1 rings (SSSR count). The maximum atomic E-state index is 11.8. The van der Waals surface area contributed by atoms with Crippen LogP contribution in [0.3, 0.4) is 0 Å². The highest BCUT2D eigenvalue weighted by molar-refractivity contribution is 5.83. The predicted octanol–water partition coefficient (Wildman–Crippen LogP) is 1.29. The quantitative estimate of drug-likeness (QED) is 0.764. The third-order valence-electron chi connectivity index (χ3n) is 3.03. The van der Waals surface area contributed by atoms with Gasteiger partial charge in [-0.1, -0.05) is 13.8 Å². The second kappa shape index (κ2) is 5.18. The van der Waals surface area contributed by atoms with E-state index in [1.807, 2.05) is 6.92 Å². The second-order valence-corrected chi connectivity index (χ2v) is 4.69. The number of aliphatic carboxylic acids is 1. The molecule has 1 aliphatic rings. The lowest BCUT2D eigenvalue weighted by atomic mass is 10.1. The maximum absolute atomic E-state index is 11.8. The van der Waals surface area contributed by atoms with Gasteiger partial charge in [0.15, 0.2) is 0 Å². The second-order valence-electron chi connectivity index (χ2n) is 4.69.